The minimum atomic E-state index is -0.903. The molecule has 0 aromatic heterocycles. The van der Waals surface area contributed by atoms with Gasteiger partial charge in [0.25, 0.3) is 0 Å². The lowest BCUT2D eigenvalue weighted by molar-refractivity contribution is 0.0817. The van der Waals surface area contributed by atoms with E-state index in [0.717, 1.165) is 5.56 Å². The molecular weight excluding hydrogens is 272 g/mol. The van der Waals surface area contributed by atoms with Crippen molar-refractivity contribution in [3.05, 3.63) is 34.9 Å². The van der Waals surface area contributed by atoms with Crippen molar-refractivity contribution in [2.24, 2.45) is 11.5 Å². The zero-order valence-corrected chi connectivity index (χ0v) is 11.1. The van der Waals surface area contributed by atoms with Crippen LogP contribution in [0, 0.1) is 0 Å². The Morgan fingerprint density at radius 2 is 1.53 bits per heavy atom. The van der Waals surface area contributed by atoms with Crippen molar-refractivity contribution in [1.82, 2.24) is 0 Å². The summed E-state index contributed by atoms with van der Waals surface area (Å²) in [4.78, 5) is 21.4. The van der Waals surface area contributed by atoms with Crippen LogP contribution in [0.4, 0.5) is 9.59 Å². The molecule has 0 atom stereocenters. The maximum absolute atomic E-state index is 10.7. The SMILES string of the molecule is CC(COC(N)=O)(COC(N)=O)c1ccc(Cl)cc1. The summed E-state index contributed by atoms with van der Waals surface area (Å²) in [5.74, 6) is 0. The Hall–Kier alpha value is -1.95. The molecule has 19 heavy (non-hydrogen) atoms. The number of halogens is 1. The van der Waals surface area contributed by atoms with Gasteiger partial charge in [0.15, 0.2) is 0 Å². The second kappa shape index (κ2) is 6.29. The van der Waals surface area contributed by atoms with Gasteiger partial charge in [-0.15, -0.1) is 0 Å². The largest absolute Gasteiger partial charge is 0.449 e. The molecule has 0 radical (unpaired) electrons. The first-order valence-corrected chi connectivity index (χ1v) is 5.82. The summed E-state index contributed by atoms with van der Waals surface area (Å²) in [6, 6.07) is 6.86. The van der Waals surface area contributed by atoms with Crippen LogP contribution in [-0.4, -0.2) is 25.4 Å². The molecule has 0 aliphatic heterocycles. The number of amides is 2. The smallest absolute Gasteiger partial charge is 0.404 e. The Bertz CT molecular complexity index is 443. The molecule has 1 aromatic rings. The summed E-state index contributed by atoms with van der Waals surface area (Å²) in [6.07, 6.45) is -1.81. The Morgan fingerprint density at radius 3 is 1.89 bits per heavy atom. The number of hydrogen-bond acceptors (Lipinski definition) is 4. The van der Waals surface area contributed by atoms with Crippen molar-refractivity contribution < 1.29 is 19.1 Å². The summed E-state index contributed by atoms with van der Waals surface area (Å²) in [5.41, 5.74) is 9.91. The Morgan fingerprint density at radius 1 is 1.11 bits per heavy atom. The van der Waals surface area contributed by atoms with Crippen LogP contribution in [0.1, 0.15) is 12.5 Å². The fourth-order valence-electron chi connectivity index (χ4n) is 1.52. The van der Waals surface area contributed by atoms with E-state index >= 15 is 0 Å². The standard InChI is InChI=1S/C12H15ClN2O4/c1-12(6-18-10(14)16,7-19-11(15)17)8-2-4-9(13)5-3-8/h2-5H,6-7H2,1H3,(H2,14,16)(H2,15,17). The van der Waals surface area contributed by atoms with E-state index in [2.05, 4.69) is 0 Å². The van der Waals surface area contributed by atoms with Crippen LogP contribution in [0.3, 0.4) is 0 Å². The number of benzene rings is 1. The highest BCUT2D eigenvalue weighted by atomic mass is 35.5. The minimum absolute atomic E-state index is 0.0444. The maximum Gasteiger partial charge on any atom is 0.404 e. The van der Waals surface area contributed by atoms with Gasteiger partial charge in [0.05, 0.1) is 5.41 Å². The first-order valence-electron chi connectivity index (χ1n) is 5.44. The van der Waals surface area contributed by atoms with Gasteiger partial charge >= 0.3 is 12.2 Å². The van der Waals surface area contributed by atoms with Gasteiger partial charge in [-0.2, -0.15) is 0 Å². The van der Waals surface area contributed by atoms with Gasteiger partial charge in [-0.3, -0.25) is 0 Å². The van der Waals surface area contributed by atoms with Crippen LogP contribution >= 0.6 is 11.6 Å². The third-order valence-corrected chi connectivity index (χ3v) is 2.86. The number of nitrogens with two attached hydrogens (primary N) is 2. The lowest BCUT2D eigenvalue weighted by atomic mass is 9.84. The molecule has 0 bridgehead atoms. The quantitative estimate of drug-likeness (QED) is 0.861. The molecular formula is C12H15ClN2O4. The molecule has 7 heteroatoms. The zero-order chi connectivity index (χ0) is 14.5. The van der Waals surface area contributed by atoms with Crippen LogP contribution in [0.2, 0.25) is 5.02 Å². The number of rotatable bonds is 5. The van der Waals surface area contributed by atoms with E-state index in [9.17, 15) is 9.59 Å². The van der Waals surface area contributed by atoms with Crippen molar-refractivity contribution in [3.8, 4) is 0 Å². The molecule has 4 N–H and O–H groups in total. The van der Waals surface area contributed by atoms with E-state index in [1.54, 1.807) is 31.2 Å². The molecule has 0 fully saturated rings. The minimum Gasteiger partial charge on any atom is -0.449 e. The number of ether oxygens (including phenoxy) is 2. The monoisotopic (exact) mass is 286 g/mol. The molecule has 6 nitrogen and oxygen atoms in total. The molecule has 1 aromatic carbocycles. The van der Waals surface area contributed by atoms with E-state index in [0.29, 0.717) is 5.02 Å². The summed E-state index contributed by atoms with van der Waals surface area (Å²) in [5, 5.41) is 0.567. The van der Waals surface area contributed by atoms with E-state index in [1.807, 2.05) is 0 Å². The van der Waals surface area contributed by atoms with Gasteiger partial charge in [0.1, 0.15) is 13.2 Å². The molecule has 0 unspecified atom stereocenters. The van der Waals surface area contributed by atoms with Gasteiger partial charge in [-0.05, 0) is 24.6 Å². The van der Waals surface area contributed by atoms with Gasteiger partial charge in [0, 0.05) is 5.02 Å². The summed E-state index contributed by atoms with van der Waals surface area (Å²) >= 11 is 5.81. The number of primary amides is 2. The first-order chi connectivity index (χ1) is 8.83. The zero-order valence-electron chi connectivity index (χ0n) is 10.4. The summed E-state index contributed by atoms with van der Waals surface area (Å²) < 4.78 is 9.60. The van der Waals surface area contributed by atoms with Crippen molar-refractivity contribution in [1.29, 1.82) is 0 Å². The lowest BCUT2D eigenvalue weighted by Crippen LogP contribution is -2.37. The van der Waals surface area contributed by atoms with Crippen molar-refractivity contribution in [2.75, 3.05) is 13.2 Å². The first kappa shape index (κ1) is 15.1. The summed E-state index contributed by atoms with van der Waals surface area (Å²) in [7, 11) is 0. The van der Waals surface area contributed by atoms with E-state index in [4.69, 9.17) is 32.5 Å². The van der Waals surface area contributed by atoms with Gasteiger partial charge in [-0.1, -0.05) is 23.7 Å². The van der Waals surface area contributed by atoms with Gasteiger partial charge in [-0.25, -0.2) is 9.59 Å². The molecule has 0 spiro atoms. The van der Waals surface area contributed by atoms with E-state index in [-0.39, 0.29) is 13.2 Å². The summed E-state index contributed by atoms with van der Waals surface area (Å²) in [6.45, 7) is 1.66. The molecule has 2 amide bonds. The molecule has 0 saturated carbocycles. The average Bonchev–Trinajstić information content (AvgIpc) is 2.35. The molecule has 104 valence electrons. The molecule has 0 heterocycles. The van der Waals surface area contributed by atoms with E-state index < -0.39 is 17.6 Å². The van der Waals surface area contributed by atoms with Gasteiger partial charge in [0.2, 0.25) is 0 Å². The number of carbonyl (C=O) groups excluding carboxylic acids is 2. The van der Waals surface area contributed by atoms with Crippen molar-refractivity contribution in [3.63, 3.8) is 0 Å². The molecule has 0 aliphatic carbocycles. The number of carbonyl (C=O) groups is 2. The second-order valence-corrected chi connectivity index (χ2v) is 4.72. The predicted molar refractivity (Wildman–Crippen MR) is 69.9 cm³/mol. The average molecular weight is 287 g/mol. The van der Waals surface area contributed by atoms with Crippen LogP contribution in [0.25, 0.3) is 0 Å². The highest BCUT2D eigenvalue weighted by Gasteiger charge is 2.30. The van der Waals surface area contributed by atoms with Gasteiger partial charge < -0.3 is 20.9 Å². The highest BCUT2D eigenvalue weighted by Crippen LogP contribution is 2.26. The Labute approximate surface area is 115 Å². The van der Waals surface area contributed by atoms with Crippen LogP contribution in [-0.2, 0) is 14.9 Å². The third-order valence-electron chi connectivity index (χ3n) is 2.61. The van der Waals surface area contributed by atoms with Crippen LogP contribution in [0.5, 0.6) is 0 Å². The normalized spacial score (nSPS) is 10.8. The van der Waals surface area contributed by atoms with Crippen molar-refractivity contribution in [2.45, 2.75) is 12.3 Å². The molecule has 0 aliphatic rings. The van der Waals surface area contributed by atoms with E-state index in [1.165, 1.54) is 0 Å². The Balaban J connectivity index is 2.92. The third kappa shape index (κ3) is 4.67. The molecule has 0 saturated heterocycles. The topological polar surface area (TPSA) is 105 Å². The van der Waals surface area contributed by atoms with Crippen LogP contribution < -0.4 is 11.5 Å². The second-order valence-electron chi connectivity index (χ2n) is 4.28. The lowest BCUT2D eigenvalue weighted by Gasteiger charge is -2.28. The predicted octanol–water partition coefficient (Wildman–Crippen LogP) is 1.79. The highest BCUT2D eigenvalue weighted by molar-refractivity contribution is 6.30. The fourth-order valence-corrected chi connectivity index (χ4v) is 1.65. The fraction of sp³-hybridized carbons (Fsp3) is 0.333. The number of hydrogen-bond donors (Lipinski definition) is 2. The molecule has 1 rings (SSSR count). The maximum atomic E-state index is 10.7. The Kier molecular flexibility index (Phi) is 5.00. The van der Waals surface area contributed by atoms with Crippen LogP contribution in [0.15, 0.2) is 24.3 Å². The van der Waals surface area contributed by atoms with Crippen molar-refractivity contribution >= 4 is 23.8 Å².